The van der Waals surface area contributed by atoms with E-state index in [-0.39, 0.29) is 5.91 Å². The van der Waals surface area contributed by atoms with Crippen LogP contribution in [0.2, 0.25) is 0 Å². The molecular weight excluding hydrogens is 284 g/mol. The fourth-order valence-electron chi connectivity index (χ4n) is 2.22. The van der Waals surface area contributed by atoms with Crippen LogP contribution < -0.4 is 14.9 Å². The second-order valence-electron chi connectivity index (χ2n) is 4.90. The van der Waals surface area contributed by atoms with Crippen molar-refractivity contribution in [3.05, 3.63) is 53.6 Å². The van der Waals surface area contributed by atoms with E-state index in [2.05, 4.69) is 15.2 Å². The Hall–Kier alpha value is -2.67. The lowest BCUT2D eigenvalue weighted by molar-refractivity contribution is -0.605. The maximum atomic E-state index is 12.0. The Balaban J connectivity index is 1.65. The molecule has 1 saturated heterocycles. The second kappa shape index (κ2) is 6.40. The molecule has 0 bridgehead atoms. The normalized spacial score (nSPS) is 14.6. The summed E-state index contributed by atoms with van der Waals surface area (Å²) in [4.78, 5) is 18.5. The summed E-state index contributed by atoms with van der Waals surface area (Å²) in [6, 6.07) is 6.61. The summed E-state index contributed by atoms with van der Waals surface area (Å²) in [5.74, 6) is 0.174. The lowest BCUT2D eigenvalue weighted by atomic mass is 10.2. The van der Waals surface area contributed by atoms with Crippen LogP contribution in [-0.4, -0.2) is 37.2 Å². The number of pyridine rings is 2. The summed E-state index contributed by atoms with van der Waals surface area (Å²) >= 11 is 0. The Morgan fingerprint density at radius 2 is 1.95 bits per heavy atom. The number of anilines is 2. The van der Waals surface area contributed by atoms with Crippen molar-refractivity contribution in [1.29, 1.82) is 0 Å². The molecule has 0 aromatic carbocycles. The first-order valence-electron chi connectivity index (χ1n) is 7.01. The number of hydrogen-bond acceptors (Lipinski definition) is 5. The van der Waals surface area contributed by atoms with Gasteiger partial charge >= 0.3 is 0 Å². The highest BCUT2D eigenvalue weighted by molar-refractivity contribution is 6.03. The summed E-state index contributed by atoms with van der Waals surface area (Å²) < 4.78 is 5.94. The van der Waals surface area contributed by atoms with Gasteiger partial charge in [-0.2, -0.15) is 4.73 Å². The van der Waals surface area contributed by atoms with E-state index in [4.69, 9.17) is 4.74 Å². The maximum Gasteiger partial charge on any atom is 0.257 e. The minimum atomic E-state index is -0.299. The summed E-state index contributed by atoms with van der Waals surface area (Å²) in [6.45, 7) is 3.11. The zero-order valence-corrected chi connectivity index (χ0v) is 11.9. The molecule has 7 nitrogen and oxygen atoms in total. The molecule has 0 saturated carbocycles. The van der Waals surface area contributed by atoms with E-state index in [1.165, 1.54) is 24.5 Å². The molecule has 22 heavy (non-hydrogen) atoms. The number of morpholine rings is 1. The fraction of sp³-hybridized carbons (Fsp3) is 0.267. The van der Waals surface area contributed by atoms with Gasteiger partial charge in [-0.25, -0.2) is 4.98 Å². The van der Waals surface area contributed by atoms with E-state index in [9.17, 15) is 10.0 Å². The van der Waals surface area contributed by atoms with Gasteiger partial charge in [0.1, 0.15) is 5.82 Å². The second-order valence-corrected chi connectivity index (χ2v) is 4.90. The zero-order valence-electron chi connectivity index (χ0n) is 11.9. The quantitative estimate of drug-likeness (QED) is 0.670. The van der Waals surface area contributed by atoms with Gasteiger partial charge < -0.3 is 20.2 Å². The first kappa shape index (κ1) is 14.3. The number of nitrogens with one attached hydrogen (secondary N) is 1. The Labute approximate surface area is 127 Å². The van der Waals surface area contributed by atoms with Crippen LogP contribution in [0.4, 0.5) is 11.5 Å². The molecule has 0 atom stereocenters. The van der Waals surface area contributed by atoms with Gasteiger partial charge in [-0.3, -0.25) is 4.79 Å². The number of rotatable bonds is 3. The van der Waals surface area contributed by atoms with E-state index < -0.39 is 0 Å². The fourth-order valence-corrected chi connectivity index (χ4v) is 2.22. The number of aromatic nitrogens is 2. The third-order valence-corrected chi connectivity index (χ3v) is 3.43. The number of carbonyl (C=O) groups is 1. The third kappa shape index (κ3) is 3.32. The van der Waals surface area contributed by atoms with Crippen molar-refractivity contribution >= 4 is 17.4 Å². The van der Waals surface area contributed by atoms with Crippen LogP contribution in [0.15, 0.2) is 42.9 Å². The van der Waals surface area contributed by atoms with Crippen molar-refractivity contribution in [2.45, 2.75) is 0 Å². The molecular formula is C15H16N4O3. The lowest BCUT2D eigenvalue weighted by Gasteiger charge is -2.28. The molecule has 7 heteroatoms. The Bertz CT molecular complexity index is 637. The van der Waals surface area contributed by atoms with Gasteiger partial charge in [-0.1, -0.05) is 0 Å². The van der Waals surface area contributed by atoms with E-state index in [0.29, 0.717) is 29.3 Å². The van der Waals surface area contributed by atoms with Crippen molar-refractivity contribution in [3.8, 4) is 0 Å². The molecule has 114 valence electrons. The molecule has 3 rings (SSSR count). The highest BCUT2D eigenvalue weighted by Gasteiger charge is 2.12. The first-order valence-corrected chi connectivity index (χ1v) is 7.01. The van der Waals surface area contributed by atoms with Crippen LogP contribution >= 0.6 is 0 Å². The standard InChI is InChI=1S/C15H16N4O3/c20-15(12-3-5-19(21)6-4-12)17-14-2-1-13(11-16-14)18-7-9-22-10-8-18/h1-6,11H,7-10H2,(H,16,17,20). The monoisotopic (exact) mass is 300 g/mol. The molecule has 3 heterocycles. The average Bonchev–Trinajstić information content (AvgIpc) is 2.57. The third-order valence-electron chi connectivity index (χ3n) is 3.43. The maximum absolute atomic E-state index is 12.0. The van der Waals surface area contributed by atoms with Crippen molar-refractivity contribution in [3.63, 3.8) is 0 Å². The average molecular weight is 300 g/mol. The minimum Gasteiger partial charge on any atom is -0.619 e. The smallest absolute Gasteiger partial charge is 0.257 e. The van der Waals surface area contributed by atoms with E-state index in [1.807, 2.05) is 6.07 Å². The number of hydrogen-bond donors (Lipinski definition) is 1. The SMILES string of the molecule is O=C(Nc1ccc(N2CCOCC2)cn1)c1cc[n+]([O-])cc1. The Morgan fingerprint density at radius 1 is 1.23 bits per heavy atom. The van der Waals surface area contributed by atoms with E-state index in [1.54, 1.807) is 12.3 Å². The molecule has 0 radical (unpaired) electrons. The number of nitrogens with zero attached hydrogens (tertiary/aromatic N) is 3. The molecule has 0 spiro atoms. The van der Waals surface area contributed by atoms with Gasteiger partial charge in [-0.05, 0) is 12.1 Å². The van der Waals surface area contributed by atoms with Gasteiger partial charge in [0.25, 0.3) is 5.91 Å². The van der Waals surface area contributed by atoms with Crippen molar-refractivity contribution in [1.82, 2.24) is 4.98 Å². The molecule has 1 N–H and O–H groups in total. The van der Waals surface area contributed by atoms with Gasteiger partial charge in [0.2, 0.25) is 0 Å². The number of carbonyl (C=O) groups excluding carboxylic acids is 1. The van der Waals surface area contributed by atoms with Crippen LogP contribution in [0.3, 0.4) is 0 Å². The molecule has 2 aromatic heterocycles. The molecule has 2 aromatic rings. The minimum absolute atomic E-state index is 0.299. The zero-order chi connectivity index (χ0) is 15.4. The number of amides is 1. The van der Waals surface area contributed by atoms with Crippen LogP contribution in [0.25, 0.3) is 0 Å². The van der Waals surface area contributed by atoms with Crippen molar-refractivity contribution in [2.75, 3.05) is 36.5 Å². The van der Waals surface area contributed by atoms with Crippen molar-refractivity contribution in [2.24, 2.45) is 0 Å². The van der Waals surface area contributed by atoms with E-state index >= 15 is 0 Å². The molecule has 0 aliphatic carbocycles. The molecule has 1 amide bonds. The van der Waals surface area contributed by atoms with Crippen LogP contribution in [0.5, 0.6) is 0 Å². The van der Waals surface area contributed by atoms with Crippen LogP contribution in [0, 0.1) is 5.21 Å². The van der Waals surface area contributed by atoms with Gasteiger partial charge in [0, 0.05) is 25.2 Å². The van der Waals surface area contributed by atoms with Gasteiger partial charge in [0.05, 0.1) is 30.7 Å². The first-order chi connectivity index (χ1) is 10.7. The molecule has 0 unspecified atom stereocenters. The predicted octanol–water partition coefficient (Wildman–Crippen LogP) is 0.804. The Kier molecular flexibility index (Phi) is 4.15. The van der Waals surface area contributed by atoms with Crippen LogP contribution in [0.1, 0.15) is 10.4 Å². The van der Waals surface area contributed by atoms with Crippen molar-refractivity contribution < 1.29 is 14.3 Å². The predicted molar refractivity (Wildman–Crippen MR) is 80.6 cm³/mol. The van der Waals surface area contributed by atoms with E-state index in [0.717, 1.165) is 18.8 Å². The summed E-state index contributed by atoms with van der Waals surface area (Å²) in [5.41, 5.74) is 1.42. The molecule has 1 fully saturated rings. The summed E-state index contributed by atoms with van der Waals surface area (Å²) in [7, 11) is 0. The topological polar surface area (TPSA) is 81.4 Å². The Morgan fingerprint density at radius 3 is 2.59 bits per heavy atom. The van der Waals surface area contributed by atoms with Crippen LogP contribution in [-0.2, 0) is 4.74 Å². The highest BCUT2D eigenvalue weighted by Crippen LogP contribution is 2.16. The lowest BCUT2D eigenvalue weighted by Crippen LogP contribution is -2.36. The number of ether oxygens (including phenoxy) is 1. The van der Waals surface area contributed by atoms with Gasteiger partial charge in [0.15, 0.2) is 12.4 Å². The highest BCUT2D eigenvalue weighted by atomic mass is 16.5. The summed E-state index contributed by atoms with van der Waals surface area (Å²) in [5, 5.41) is 13.7. The molecule has 1 aliphatic heterocycles. The largest absolute Gasteiger partial charge is 0.619 e. The molecule has 1 aliphatic rings. The summed E-state index contributed by atoms with van der Waals surface area (Å²) in [6.07, 6.45) is 4.30. The van der Waals surface area contributed by atoms with Gasteiger partial charge in [-0.15, -0.1) is 0 Å².